The first-order valence-electron chi connectivity index (χ1n) is 7.23. The number of benzene rings is 2. The maximum atomic E-state index is 5.28. The third-order valence-electron chi connectivity index (χ3n) is 3.89. The van der Waals surface area contributed by atoms with Gasteiger partial charge in [0.1, 0.15) is 5.75 Å². The van der Waals surface area contributed by atoms with E-state index in [-0.39, 0.29) is 0 Å². The fourth-order valence-electron chi connectivity index (χ4n) is 2.57. The largest absolute Gasteiger partial charge is 0.496 e. The number of anilines is 1. The molecule has 0 aliphatic heterocycles. The Bertz CT molecular complexity index is 602. The van der Waals surface area contributed by atoms with Gasteiger partial charge in [-0.25, -0.2) is 0 Å². The molecule has 3 rings (SSSR count). The molecule has 0 radical (unpaired) electrons. The molecule has 2 nitrogen and oxygen atoms in total. The lowest BCUT2D eigenvalue weighted by atomic mass is 10.1. The summed E-state index contributed by atoms with van der Waals surface area (Å²) in [6.07, 6.45) is 2.71. The van der Waals surface area contributed by atoms with Gasteiger partial charge in [-0.05, 0) is 60.6 Å². The van der Waals surface area contributed by atoms with E-state index in [1.54, 1.807) is 7.11 Å². The van der Waals surface area contributed by atoms with Crippen LogP contribution in [0, 0.1) is 6.92 Å². The van der Waals surface area contributed by atoms with Gasteiger partial charge in [0.2, 0.25) is 0 Å². The molecule has 0 aromatic heterocycles. The van der Waals surface area contributed by atoms with E-state index in [1.807, 2.05) is 6.07 Å². The molecule has 1 N–H and O–H groups in total. The highest BCUT2D eigenvalue weighted by Gasteiger charge is 2.23. The van der Waals surface area contributed by atoms with Crippen molar-refractivity contribution >= 4 is 5.69 Å². The zero-order valence-electron chi connectivity index (χ0n) is 12.1. The lowest BCUT2D eigenvalue weighted by molar-refractivity contribution is 0.412. The molecule has 104 valence electrons. The number of rotatable bonds is 5. The van der Waals surface area contributed by atoms with Crippen LogP contribution in [0.3, 0.4) is 0 Å². The predicted octanol–water partition coefficient (Wildman–Crippen LogP) is 4.49. The Hall–Kier alpha value is -1.96. The van der Waals surface area contributed by atoms with Crippen LogP contribution in [0.5, 0.6) is 5.75 Å². The third-order valence-corrected chi connectivity index (χ3v) is 3.89. The van der Waals surface area contributed by atoms with Crippen LogP contribution < -0.4 is 10.1 Å². The summed E-state index contributed by atoms with van der Waals surface area (Å²) in [7, 11) is 1.71. The number of hydrogen-bond donors (Lipinski definition) is 1. The number of ether oxygens (including phenoxy) is 1. The second-order valence-corrected chi connectivity index (χ2v) is 5.56. The van der Waals surface area contributed by atoms with Gasteiger partial charge in [0.05, 0.1) is 7.11 Å². The molecule has 2 aromatic carbocycles. The second kappa shape index (κ2) is 5.58. The number of nitrogens with one attached hydrogen (secondary N) is 1. The molecule has 0 bridgehead atoms. The minimum Gasteiger partial charge on any atom is -0.496 e. The first-order chi connectivity index (χ1) is 9.76. The Morgan fingerprint density at radius 3 is 2.70 bits per heavy atom. The summed E-state index contributed by atoms with van der Waals surface area (Å²) in [6.45, 7) is 2.93. The van der Waals surface area contributed by atoms with Crippen LogP contribution in [-0.2, 0) is 6.54 Å². The summed E-state index contributed by atoms with van der Waals surface area (Å²) in [5.74, 6) is 1.75. The molecular weight excluding hydrogens is 246 g/mol. The van der Waals surface area contributed by atoms with Crippen LogP contribution in [0.4, 0.5) is 5.69 Å². The first kappa shape index (κ1) is 13.0. The van der Waals surface area contributed by atoms with Crippen molar-refractivity contribution in [1.82, 2.24) is 0 Å². The summed E-state index contributed by atoms with van der Waals surface area (Å²) in [6, 6.07) is 15.2. The Labute approximate surface area is 120 Å². The molecule has 0 atom stereocenters. The summed E-state index contributed by atoms with van der Waals surface area (Å²) in [5, 5.41) is 3.48. The van der Waals surface area contributed by atoms with E-state index >= 15 is 0 Å². The second-order valence-electron chi connectivity index (χ2n) is 5.56. The minimum atomic E-state index is 0.818. The van der Waals surface area contributed by atoms with Crippen LogP contribution in [-0.4, -0.2) is 7.11 Å². The molecule has 1 aliphatic rings. The lowest BCUT2D eigenvalue weighted by Crippen LogP contribution is -2.00. The van der Waals surface area contributed by atoms with E-state index in [0.29, 0.717) is 0 Å². The van der Waals surface area contributed by atoms with Crippen molar-refractivity contribution in [2.24, 2.45) is 0 Å². The monoisotopic (exact) mass is 267 g/mol. The molecule has 0 unspecified atom stereocenters. The van der Waals surface area contributed by atoms with E-state index in [2.05, 4.69) is 48.6 Å². The van der Waals surface area contributed by atoms with E-state index < -0.39 is 0 Å². The Morgan fingerprint density at radius 1 is 1.15 bits per heavy atom. The summed E-state index contributed by atoms with van der Waals surface area (Å²) in [5.41, 5.74) is 5.14. The smallest absolute Gasteiger partial charge is 0.121 e. The van der Waals surface area contributed by atoms with Gasteiger partial charge in [0.15, 0.2) is 0 Å². The highest BCUT2D eigenvalue weighted by molar-refractivity contribution is 5.51. The average Bonchev–Trinajstić information content (AvgIpc) is 3.30. The van der Waals surface area contributed by atoms with Gasteiger partial charge in [0.25, 0.3) is 0 Å². The van der Waals surface area contributed by atoms with E-state index in [0.717, 1.165) is 29.5 Å². The zero-order valence-corrected chi connectivity index (χ0v) is 12.1. The minimum absolute atomic E-state index is 0.818. The van der Waals surface area contributed by atoms with Crippen molar-refractivity contribution < 1.29 is 4.74 Å². The molecule has 0 amide bonds. The van der Waals surface area contributed by atoms with Gasteiger partial charge >= 0.3 is 0 Å². The molecule has 0 spiro atoms. The zero-order chi connectivity index (χ0) is 13.9. The van der Waals surface area contributed by atoms with Gasteiger partial charge in [-0.2, -0.15) is 0 Å². The van der Waals surface area contributed by atoms with Crippen molar-refractivity contribution in [3.8, 4) is 5.75 Å². The lowest BCUT2D eigenvalue weighted by Gasteiger charge is -2.10. The Balaban J connectivity index is 1.66. The SMILES string of the molecule is COc1ccc(NCc2cccc(C3CC3)c2)cc1C. The molecule has 1 aliphatic carbocycles. The molecule has 2 heteroatoms. The van der Waals surface area contributed by atoms with Crippen molar-refractivity contribution in [3.63, 3.8) is 0 Å². The van der Waals surface area contributed by atoms with Gasteiger partial charge in [-0.15, -0.1) is 0 Å². The molecule has 2 aromatic rings. The topological polar surface area (TPSA) is 21.3 Å². The molecular formula is C18H21NO. The van der Waals surface area contributed by atoms with Crippen molar-refractivity contribution in [3.05, 3.63) is 59.2 Å². The van der Waals surface area contributed by atoms with Crippen LogP contribution in [0.15, 0.2) is 42.5 Å². The maximum absolute atomic E-state index is 5.28. The van der Waals surface area contributed by atoms with Crippen molar-refractivity contribution in [2.45, 2.75) is 32.2 Å². The van der Waals surface area contributed by atoms with Crippen molar-refractivity contribution in [1.29, 1.82) is 0 Å². The van der Waals surface area contributed by atoms with E-state index in [9.17, 15) is 0 Å². The molecule has 0 heterocycles. The normalized spacial score (nSPS) is 14.1. The van der Waals surface area contributed by atoms with Gasteiger partial charge in [-0.1, -0.05) is 24.3 Å². The fourth-order valence-corrected chi connectivity index (χ4v) is 2.57. The standard InChI is InChI=1S/C18H21NO/c1-13-10-17(8-9-18(13)20-2)19-12-14-4-3-5-16(11-14)15-6-7-15/h3-5,8-11,15,19H,6-7,12H2,1-2H3. The molecule has 20 heavy (non-hydrogen) atoms. The summed E-state index contributed by atoms with van der Waals surface area (Å²) >= 11 is 0. The highest BCUT2D eigenvalue weighted by atomic mass is 16.5. The maximum Gasteiger partial charge on any atom is 0.121 e. The van der Waals surface area contributed by atoms with Crippen LogP contribution in [0.1, 0.15) is 35.4 Å². The predicted molar refractivity (Wildman–Crippen MR) is 83.5 cm³/mol. The van der Waals surface area contributed by atoms with Crippen LogP contribution >= 0.6 is 0 Å². The number of aryl methyl sites for hydroxylation is 1. The van der Waals surface area contributed by atoms with Crippen LogP contribution in [0.2, 0.25) is 0 Å². The summed E-state index contributed by atoms with van der Waals surface area (Å²) in [4.78, 5) is 0. The van der Waals surface area contributed by atoms with Crippen LogP contribution in [0.25, 0.3) is 0 Å². The van der Waals surface area contributed by atoms with E-state index in [4.69, 9.17) is 4.74 Å². The van der Waals surface area contributed by atoms with Gasteiger partial charge in [0, 0.05) is 12.2 Å². The van der Waals surface area contributed by atoms with E-state index in [1.165, 1.54) is 24.0 Å². The molecule has 1 fully saturated rings. The van der Waals surface area contributed by atoms with Crippen molar-refractivity contribution in [2.75, 3.05) is 12.4 Å². The molecule has 1 saturated carbocycles. The van der Waals surface area contributed by atoms with Gasteiger partial charge in [-0.3, -0.25) is 0 Å². The Morgan fingerprint density at radius 2 is 2.00 bits per heavy atom. The number of hydrogen-bond acceptors (Lipinski definition) is 2. The quantitative estimate of drug-likeness (QED) is 0.861. The first-order valence-corrected chi connectivity index (χ1v) is 7.23. The van der Waals surface area contributed by atoms with Gasteiger partial charge < -0.3 is 10.1 Å². The third kappa shape index (κ3) is 2.96. The average molecular weight is 267 g/mol. The Kier molecular flexibility index (Phi) is 3.64. The highest BCUT2D eigenvalue weighted by Crippen LogP contribution is 2.40. The molecule has 0 saturated heterocycles. The number of methoxy groups -OCH3 is 1. The fraction of sp³-hybridized carbons (Fsp3) is 0.333. The summed E-state index contributed by atoms with van der Waals surface area (Å²) < 4.78 is 5.28.